The molecule has 0 spiro atoms. The summed E-state index contributed by atoms with van der Waals surface area (Å²) < 4.78 is 35.9. The lowest BCUT2D eigenvalue weighted by Crippen LogP contribution is -2.41. The molecule has 0 aromatic heterocycles. The van der Waals surface area contributed by atoms with E-state index in [9.17, 15) is 18.0 Å². The second-order valence-corrected chi connectivity index (χ2v) is 4.80. The Hall–Kier alpha value is -0.820. The molecule has 4 nitrogen and oxygen atoms in total. The first-order chi connectivity index (χ1) is 8.16. The second kappa shape index (κ2) is 7.58. The van der Waals surface area contributed by atoms with Gasteiger partial charge in [0.05, 0.1) is 6.54 Å². The molecule has 0 aliphatic rings. The zero-order chi connectivity index (χ0) is 14.3. The van der Waals surface area contributed by atoms with Gasteiger partial charge in [-0.05, 0) is 24.8 Å². The Kier molecular flexibility index (Phi) is 7.23. The van der Waals surface area contributed by atoms with Crippen LogP contribution in [0.1, 0.15) is 26.7 Å². The molecule has 0 rings (SSSR count). The zero-order valence-electron chi connectivity index (χ0n) is 10.6. The van der Waals surface area contributed by atoms with E-state index in [1.54, 1.807) is 0 Å². The molecular weight excluding hydrogens is 249 g/mol. The Balaban J connectivity index is 4.03. The van der Waals surface area contributed by atoms with Gasteiger partial charge >= 0.3 is 6.18 Å². The molecule has 0 aliphatic heterocycles. The molecule has 0 radical (unpaired) electrons. The molecule has 108 valence electrons. The van der Waals surface area contributed by atoms with Crippen LogP contribution in [0, 0.1) is 11.8 Å². The third kappa shape index (κ3) is 7.50. The van der Waals surface area contributed by atoms with Crippen LogP contribution in [-0.4, -0.2) is 36.4 Å². The van der Waals surface area contributed by atoms with E-state index in [0.29, 0.717) is 12.5 Å². The quantitative estimate of drug-likeness (QED) is 0.647. The van der Waals surface area contributed by atoms with Crippen LogP contribution in [0.5, 0.6) is 0 Å². The van der Waals surface area contributed by atoms with Crippen molar-refractivity contribution in [1.29, 1.82) is 0 Å². The maximum Gasteiger partial charge on any atom is 0.416 e. The number of rotatable bonds is 7. The Morgan fingerprint density at radius 1 is 1.39 bits per heavy atom. The lowest BCUT2D eigenvalue weighted by molar-refractivity contribution is -0.201. The topological polar surface area (TPSA) is 75.4 Å². The standard InChI is InChI=1S/C11H21F3N2O2/c1-7(2)3-8(5-15)4-10(18)16-6-9(17)11(12,13)14/h7-9,17H,3-6,15H2,1-2H3,(H,16,18). The monoisotopic (exact) mass is 270 g/mol. The summed E-state index contributed by atoms with van der Waals surface area (Å²) in [5, 5.41) is 10.8. The highest BCUT2D eigenvalue weighted by molar-refractivity contribution is 5.76. The van der Waals surface area contributed by atoms with Crippen molar-refractivity contribution >= 4 is 5.91 Å². The van der Waals surface area contributed by atoms with Crippen LogP contribution in [0.15, 0.2) is 0 Å². The number of alkyl halides is 3. The van der Waals surface area contributed by atoms with Gasteiger partial charge in [0.1, 0.15) is 0 Å². The first-order valence-electron chi connectivity index (χ1n) is 5.88. The molecule has 0 aromatic carbocycles. The molecule has 0 saturated heterocycles. The Morgan fingerprint density at radius 2 is 1.94 bits per heavy atom. The number of aliphatic hydroxyl groups is 1. The minimum absolute atomic E-state index is 0.0481. The number of aliphatic hydroxyl groups excluding tert-OH is 1. The van der Waals surface area contributed by atoms with Crippen LogP contribution in [-0.2, 0) is 4.79 Å². The van der Waals surface area contributed by atoms with Gasteiger partial charge in [0.15, 0.2) is 6.10 Å². The smallest absolute Gasteiger partial charge is 0.382 e. The number of carbonyl (C=O) groups is 1. The Bertz CT molecular complexity index is 257. The van der Waals surface area contributed by atoms with Gasteiger partial charge in [-0.3, -0.25) is 4.79 Å². The third-order valence-corrected chi connectivity index (χ3v) is 2.48. The maximum atomic E-state index is 12.0. The highest BCUT2D eigenvalue weighted by Crippen LogP contribution is 2.19. The summed E-state index contributed by atoms with van der Waals surface area (Å²) in [6.45, 7) is 3.46. The van der Waals surface area contributed by atoms with E-state index < -0.39 is 24.7 Å². The largest absolute Gasteiger partial charge is 0.416 e. The van der Waals surface area contributed by atoms with E-state index in [4.69, 9.17) is 10.8 Å². The van der Waals surface area contributed by atoms with Gasteiger partial charge in [-0.15, -0.1) is 0 Å². The molecule has 7 heteroatoms. The molecule has 0 bridgehead atoms. The number of hydrogen-bond donors (Lipinski definition) is 3. The summed E-state index contributed by atoms with van der Waals surface area (Å²) in [5.41, 5.74) is 5.49. The Morgan fingerprint density at radius 3 is 2.33 bits per heavy atom. The van der Waals surface area contributed by atoms with Crippen molar-refractivity contribution in [2.24, 2.45) is 17.6 Å². The lowest BCUT2D eigenvalue weighted by Gasteiger charge is -2.18. The van der Waals surface area contributed by atoms with E-state index in [2.05, 4.69) is 5.32 Å². The normalized spacial score (nSPS) is 15.6. The first kappa shape index (κ1) is 17.2. The van der Waals surface area contributed by atoms with Crippen LogP contribution in [0.25, 0.3) is 0 Å². The molecule has 0 fully saturated rings. The van der Waals surface area contributed by atoms with Crippen molar-refractivity contribution in [2.75, 3.05) is 13.1 Å². The van der Waals surface area contributed by atoms with E-state index in [0.717, 1.165) is 6.42 Å². The van der Waals surface area contributed by atoms with Gasteiger partial charge in [0.2, 0.25) is 5.91 Å². The van der Waals surface area contributed by atoms with Crippen molar-refractivity contribution in [3.05, 3.63) is 0 Å². The van der Waals surface area contributed by atoms with Crippen molar-refractivity contribution in [1.82, 2.24) is 5.32 Å². The highest BCUT2D eigenvalue weighted by atomic mass is 19.4. The van der Waals surface area contributed by atoms with Crippen molar-refractivity contribution in [3.8, 4) is 0 Å². The predicted octanol–water partition coefficient (Wildman–Crippen LogP) is 1.04. The number of amides is 1. The first-order valence-corrected chi connectivity index (χ1v) is 5.88. The van der Waals surface area contributed by atoms with Gasteiger partial charge in [-0.1, -0.05) is 13.8 Å². The minimum atomic E-state index is -4.71. The average Bonchev–Trinajstić information content (AvgIpc) is 2.22. The van der Waals surface area contributed by atoms with Crippen LogP contribution in [0.3, 0.4) is 0 Å². The second-order valence-electron chi connectivity index (χ2n) is 4.80. The number of halogens is 3. The fraction of sp³-hybridized carbons (Fsp3) is 0.909. The van der Waals surface area contributed by atoms with Crippen LogP contribution in [0.4, 0.5) is 13.2 Å². The van der Waals surface area contributed by atoms with Gasteiger partial charge in [0, 0.05) is 6.42 Å². The SMILES string of the molecule is CC(C)CC(CN)CC(=O)NCC(O)C(F)(F)F. The maximum absolute atomic E-state index is 12.0. The summed E-state index contributed by atoms with van der Waals surface area (Å²) in [7, 11) is 0. The third-order valence-electron chi connectivity index (χ3n) is 2.48. The van der Waals surface area contributed by atoms with Crippen LogP contribution >= 0.6 is 0 Å². The summed E-state index contributed by atoms with van der Waals surface area (Å²) in [5.74, 6) is -0.199. The van der Waals surface area contributed by atoms with Crippen molar-refractivity contribution in [3.63, 3.8) is 0 Å². The molecule has 0 saturated carbocycles. The van der Waals surface area contributed by atoms with Crippen LogP contribution in [0.2, 0.25) is 0 Å². The molecule has 0 heterocycles. The van der Waals surface area contributed by atoms with Crippen LogP contribution < -0.4 is 11.1 Å². The van der Waals surface area contributed by atoms with Gasteiger partial charge in [-0.25, -0.2) is 0 Å². The number of nitrogens with one attached hydrogen (secondary N) is 1. The summed E-state index contributed by atoms with van der Waals surface area (Å²) in [6, 6.07) is 0. The summed E-state index contributed by atoms with van der Waals surface area (Å²) in [6.07, 6.45) is -6.41. The average molecular weight is 270 g/mol. The lowest BCUT2D eigenvalue weighted by atomic mass is 9.94. The van der Waals surface area contributed by atoms with Gasteiger partial charge in [-0.2, -0.15) is 13.2 Å². The molecule has 18 heavy (non-hydrogen) atoms. The highest BCUT2D eigenvalue weighted by Gasteiger charge is 2.38. The molecular formula is C11H21F3N2O2. The number of hydrogen-bond acceptors (Lipinski definition) is 3. The molecule has 2 unspecified atom stereocenters. The summed E-state index contributed by atoms with van der Waals surface area (Å²) >= 11 is 0. The Labute approximate surface area is 105 Å². The number of nitrogens with two attached hydrogens (primary N) is 1. The molecule has 2 atom stereocenters. The number of carbonyl (C=O) groups excluding carboxylic acids is 1. The van der Waals surface area contributed by atoms with E-state index in [1.165, 1.54) is 0 Å². The minimum Gasteiger partial charge on any atom is -0.382 e. The van der Waals surface area contributed by atoms with Gasteiger partial charge < -0.3 is 16.2 Å². The molecule has 4 N–H and O–H groups in total. The zero-order valence-corrected chi connectivity index (χ0v) is 10.6. The molecule has 1 amide bonds. The van der Waals surface area contributed by atoms with E-state index in [-0.39, 0.29) is 12.3 Å². The van der Waals surface area contributed by atoms with Crippen molar-refractivity contribution < 1.29 is 23.1 Å². The van der Waals surface area contributed by atoms with E-state index in [1.807, 2.05) is 13.8 Å². The van der Waals surface area contributed by atoms with Gasteiger partial charge in [0.25, 0.3) is 0 Å². The fourth-order valence-corrected chi connectivity index (χ4v) is 1.59. The molecule has 0 aromatic rings. The summed E-state index contributed by atoms with van der Waals surface area (Å²) in [4.78, 5) is 11.4. The van der Waals surface area contributed by atoms with E-state index >= 15 is 0 Å². The predicted molar refractivity (Wildman–Crippen MR) is 61.7 cm³/mol. The molecule has 0 aliphatic carbocycles. The fourth-order valence-electron chi connectivity index (χ4n) is 1.59. The van der Waals surface area contributed by atoms with Crippen molar-refractivity contribution in [2.45, 2.75) is 39.0 Å².